The molecule has 1 aromatic carbocycles. The number of benzene rings is 1. The van der Waals surface area contributed by atoms with Crippen LogP contribution < -0.4 is 10.6 Å². The van der Waals surface area contributed by atoms with Crippen LogP contribution in [0.3, 0.4) is 0 Å². The molecule has 3 aromatic rings. The van der Waals surface area contributed by atoms with Crippen molar-refractivity contribution in [3.63, 3.8) is 0 Å². The van der Waals surface area contributed by atoms with Crippen molar-refractivity contribution < 1.29 is 18.8 Å². The van der Waals surface area contributed by atoms with Crippen LogP contribution in [-0.2, 0) is 14.5 Å². The van der Waals surface area contributed by atoms with Gasteiger partial charge in [-0.15, -0.1) is 15.7 Å². The second-order valence-corrected chi connectivity index (χ2v) is 10.5. The minimum absolute atomic E-state index is 0.0296. The number of halogens is 1. The lowest BCUT2D eigenvalue weighted by Gasteiger charge is -2.13. The van der Waals surface area contributed by atoms with Crippen LogP contribution >= 0.6 is 27.3 Å². The average Bonchev–Trinajstić information content (AvgIpc) is 3.26. The third kappa shape index (κ3) is 6.03. The highest BCUT2D eigenvalue weighted by atomic mass is 79.9. The molecule has 0 aliphatic heterocycles. The monoisotopic (exact) mass is 539 g/mol. The number of hydrogen-bond acceptors (Lipinski definition) is 9. The largest absolute Gasteiger partial charge is 0.448 e. The van der Waals surface area contributed by atoms with Gasteiger partial charge in [-0.25, -0.2) is 14.0 Å². The molecule has 12 heteroatoms. The van der Waals surface area contributed by atoms with E-state index in [1.165, 1.54) is 6.26 Å². The molecule has 1 unspecified atom stereocenters. The first-order valence-corrected chi connectivity index (χ1v) is 13.1. The Labute approximate surface area is 198 Å². The number of nitrogens with zero attached hydrogens (tertiary/aromatic N) is 3. The molecule has 2 aromatic heterocycles. The first kappa shape index (κ1) is 24.1. The standard InChI is InChI=1S/C20H22BrN5O4S2/c1-3-30-20(28)26-32(2,29)17-7-6-13(11-15(17)21)24-19-23-12-14(16-5-4-10-31-16)18(25-19)22-8-9-27/h4-7,10-12,27H,3,8-9H2,1-2H3,(H2,22,23,24,25). The van der Waals surface area contributed by atoms with Gasteiger partial charge in [0.05, 0.1) is 33.4 Å². The van der Waals surface area contributed by atoms with Gasteiger partial charge in [-0.1, -0.05) is 6.07 Å². The number of rotatable bonds is 8. The third-order valence-corrected chi connectivity index (χ3v) is 7.58. The minimum atomic E-state index is -2.99. The van der Waals surface area contributed by atoms with E-state index >= 15 is 0 Å². The van der Waals surface area contributed by atoms with Crippen molar-refractivity contribution in [1.29, 1.82) is 0 Å². The molecule has 0 saturated heterocycles. The van der Waals surface area contributed by atoms with Crippen LogP contribution in [0.5, 0.6) is 0 Å². The summed E-state index contributed by atoms with van der Waals surface area (Å²) in [5.74, 6) is 0.943. The number of thiophene rings is 1. The molecule has 3 N–H and O–H groups in total. The Morgan fingerprint density at radius 1 is 1.38 bits per heavy atom. The average molecular weight is 540 g/mol. The summed E-state index contributed by atoms with van der Waals surface area (Å²) < 4.78 is 21.8. The molecule has 2 heterocycles. The summed E-state index contributed by atoms with van der Waals surface area (Å²) in [6, 6.07) is 8.93. The van der Waals surface area contributed by atoms with E-state index in [1.807, 2.05) is 17.5 Å². The number of nitrogens with one attached hydrogen (secondary N) is 2. The summed E-state index contributed by atoms with van der Waals surface area (Å²) in [4.78, 5) is 21.9. The molecular formula is C20H22BrN5O4S2. The summed E-state index contributed by atoms with van der Waals surface area (Å²) in [7, 11) is -2.99. The maximum absolute atomic E-state index is 12.9. The quantitative estimate of drug-likeness (QED) is 0.375. The van der Waals surface area contributed by atoms with Crippen LogP contribution in [0.1, 0.15) is 6.92 Å². The molecule has 0 saturated carbocycles. The van der Waals surface area contributed by atoms with E-state index in [2.05, 4.69) is 40.9 Å². The summed E-state index contributed by atoms with van der Waals surface area (Å²) in [6.07, 6.45) is 2.22. The highest BCUT2D eigenvalue weighted by molar-refractivity contribution is 9.10. The number of hydrogen-bond donors (Lipinski definition) is 3. The number of carbonyl (C=O) groups excluding carboxylic acids is 1. The Bertz CT molecular complexity index is 1210. The Balaban J connectivity index is 1.87. The van der Waals surface area contributed by atoms with E-state index in [1.54, 1.807) is 42.7 Å². The number of aliphatic hydroxyl groups excluding tert-OH is 1. The number of aliphatic hydroxyl groups is 1. The Morgan fingerprint density at radius 3 is 2.84 bits per heavy atom. The van der Waals surface area contributed by atoms with Crippen molar-refractivity contribution in [1.82, 2.24) is 9.97 Å². The van der Waals surface area contributed by atoms with Crippen molar-refractivity contribution in [2.75, 3.05) is 36.6 Å². The smallest absolute Gasteiger partial charge is 0.442 e. The Hall–Kier alpha value is -2.54. The lowest BCUT2D eigenvalue weighted by atomic mass is 10.2. The zero-order valence-electron chi connectivity index (χ0n) is 17.4. The van der Waals surface area contributed by atoms with Gasteiger partial charge >= 0.3 is 6.09 Å². The molecule has 170 valence electrons. The fourth-order valence-electron chi connectivity index (χ4n) is 2.72. The first-order chi connectivity index (χ1) is 15.3. The van der Waals surface area contributed by atoms with Gasteiger partial charge in [0.25, 0.3) is 0 Å². The van der Waals surface area contributed by atoms with Crippen LogP contribution in [0.2, 0.25) is 0 Å². The molecule has 3 rings (SSSR count). The number of carbonyl (C=O) groups is 1. The van der Waals surface area contributed by atoms with Crippen molar-refractivity contribution in [3.8, 4) is 10.4 Å². The number of aromatic nitrogens is 2. The molecule has 0 aliphatic carbocycles. The van der Waals surface area contributed by atoms with Crippen LogP contribution in [-0.4, -0.2) is 51.4 Å². The normalized spacial score (nSPS) is 12.6. The molecule has 0 aliphatic rings. The molecule has 0 spiro atoms. The maximum atomic E-state index is 12.9. The van der Waals surface area contributed by atoms with E-state index in [-0.39, 0.29) is 13.2 Å². The summed E-state index contributed by atoms with van der Waals surface area (Å²) in [6.45, 7) is 2.13. The van der Waals surface area contributed by atoms with Gasteiger partial charge < -0.3 is 20.5 Å². The van der Waals surface area contributed by atoms with E-state index in [0.717, 1.165) is 10.4 Å². The molecule has 0 radical (unpaired) electrons. The predicted molar refractivity (Wildman–Crippen MR) is 130 cm³/mol. The number of amides is 1. The second kappa shape index (κ2) is 10.9. The summed E-state index contributed by atoms with van der Waals surface area (Å²) >= 11 is 4.97. The van der Waals surface area contributed by atoms with Crippen LogP contribution in [0, 0.1) is 0 Å². The minimum Gasteiger partial charge on any atom is -0.448 e. The Morgan fingerprint density at radius 2 is 2.19 bits per heavy atom. The highest BCUT2D eigenvalue weighted by Crippen LogP contribution is 2.32. The number of ether oxygens (including phenoxy) is 1. The fourth-order valence-corrected chi connectivity index (χ4v) is 5.91. The van der Waals surface area contributed by atoms with Crippen molar-refractivity contribution in [3.05, 3.63) is 46.4 Å². The van der Waals surface area contributed by atoms with E-state index in [0.29, 0.717) is 33.4 Å². The maximum Gasteiger partial charge on any atom is 0.442 e. The number of anilines is 3. The molecule has 1 amide bonds. The molecule has 1 atom stereocenters. The van der Waals surface area contributed by atoms with Gasteiger partial charge in [0.1, 0.15) is 5.82 Å². The lowest BCUT2D eigenvalue weighted by Crippen LogP contribution is -2.10. The lowest BCUT2D eigenvalue weighted by molar-refractivity contribution is 0.164. The highest BCUT2D eigenvalue weighted by Gasteiger charge is 2.15. The van der Waals surface area contributed by atoms with Gasteiger partial charge in [0, 0.05) is 34.0 Å². The zero-order chi connectivity index (χ0) is 23.1. The van der Waals surface area contributed by atoms with Crippen LogP contribution in [0.15, 0.2) is 55.6 Å². The van der Waals surface area contributed by atoms with E-state index < -0.39 is 15.8 Å². The third-order valence-electron chi connectivity index (χ3n) is 4.09. The van der Waals surface area contributed by atoms with Crippen LogP contribution in [0.4, 0.5) is 22.2 Å². The van der Waals surface area contributed by atoms with Crippen LogP contribution in [0.25, 0.3) is 10.4 Å². The SMILES string of the molecule is CCOC(=O)N=S(C)(=O)c1ccc(Nc2ncc(-c3cccs3)c(NCCO)n2)cc1Br. The molecule has 0 bridgehead atoms. The topological polar surface area (TPSA) is 126 Å². The molecule has 32 heavy (non-hydrogen) atoms. The van der Waals surface area contributed by atoms with Gasteiger partial charge in [0.15, 0.2) is 0 Å². The van der Waals surface area contributed by atoms with E-state index in [4.69, 9.17) is 4.74 Å². The molecular weight excluding hydrogens is 518 g/mol. The van der Waals surface area contributed by atoms with Gasteiger partial charge in [-0.05, 0) is 52.5 Å². The fraction of sp³-hybridized carbons (Fsp3) is 0.250. The summed E-state index contributed by atoms with van der Waals surface area (Å²) in [5, 5.41) is 17.4. The first-order valence-electron chi connectivity index (χ1n) is 9.55. The van der Waals surface area contributed by atoms with Gasteiger partial charge in [0.2, 0.25) is 5.95 Å². The second-order valence-electron chi connectivity index (χ2n) is 6.45. The van der Waals surface area contributed by atoms with E-state index in [9.17, 15) is 14.1 Å². The zero-order valence-corrected chi connectivity index (χ0v) is 20.6. The molecule has 9 nitrogen and oxygen atoms in total. The Kier molecular flexibility index (Phi) is 8.18. The van der Waals surface area contributed by atoms with Crippen molar-refractivity contribution in [2.24, 2.45) is 4.36 Å². The van der Waals surface area contributed by atoms with Crippen molar-refractivity contribution >= 4 is 60.5 Å². The molecule has 0 fully saturated rings. The van der Waals surface area contributed by atoms with Gasteiger partial charge in [-0.2, -0.15) is 4.98 Å². The predicted octanol–water partition coefficient (Wildman–Crippen LogP) is 4.73. The van der Waals surface area contributed by atoms with Gasteiger partial charge in [-0.3, -0.25) is 0 Å². The summed E-state index contributed by atoms with van der Waals surface area (Å²) in [5.41, 5.74) is 1.48. The van der Waals surface area contributed by atoms with Crippen molar-refractivity contribution in [2.45, 2.75) is 11.8 Å².